The lowest BCUT2D eigenvalue weighted by molar-refractivity contribution is -0.384. The summed E-state index contributed by atoms with van der Waals surface area (Å²) in [6.07, 6.45) is 0.435. The molecule has 0 atom stereocenters. The Labute approximate surface area is 189 Å². The maximum absolute atomic E-state index is 13.2. The lowest BCUT2D eigenvalue weighted by Crippen LogP contribution is -2.25. The third-order valence-electron chi connectivity index (χ3n) is 4.65. The number of nitro benzene ring substituents is 1. The van der Waals surface area contributed by atoms with Crippen LogP contribution >= 0.6 is 0 Å². The van der Waals surface area contributed by atoms with Crippen LogP contribution in [0.1, 0.15) is 15.9 Å². The highest BCUT2D eigenvalue weighted by molar-refractivity contribution is 7.92. The standard InChI is InChI=1S/C22H20FN3O6S/c1-32-21-10-7-18(26(28)29)14-20(21)25-33(30,31)19-8-5-16(6-9-19)22(27)24-12-11-15-3-2-4-17(23)13-15/h2-10,13-14,25H,11-12H2,1H3,(H,24,27). The number of amides is 1. The van der Waals surface area contributed by atoms with Gasteiger partial charge in [-0.15, -0.1) is 0 Å². The number of ether oxygens (including phenoxy) is 1. The lowest BCUT2D eigenvalue weighted by Gasteiger charge is -2.12. The average Bonchev–Trinajstić information content (AvgIpc) is 2.79. The molecule has 0 saturated heterocycles. The highest BCUT2D eigenvalue weighted by atomic mass is 32.2. The van der Waals surface area contributed by atoms with Crippen molar-refractivity contribution in [2.24, 2.45) is 0 Å². The second-order valence-electron chi connectivity index (χ2n) is 6.91. The van der Waals surface area contributed by atoms with Crippen LogP contribution in [-0.4, -0.2) is 32.9 Å². The molecule has 3 rings (SSSR count). The summed E-state index contributed by atoms with van der Waals surface area (Å²) in [6, 6.07) is 14.8. The predicted octanol–water partition coefficient (Wildman–Crippen LogP) is 3.52. The minimum atomic E-state index is -4.11. The van der Waals surface area contributed by atoms with Gasteiger partial charge >= 0.3 is 0 Å². The van der Waals surface area contributed by atoms with Crippen molar-refractivity contribution < 1.29 is 27.3 Å². The molecule has 0 heterocycles. The number of nitrogens with zero attached hydrogens (tertiary/aromatic N) is 1. The van der Waals surface area contributed by atoms with Gasteiger partial charge < -0.3 is 10.1 Å². The number of carbonyl (C=O) groups is 1. The number of sulfonamides is 1. The highest BCUT2D eigenvalue weighted by Crippen LogP contribution is 2.30. The fourth-order valence-electron chi connectivity index (χ4n) is 2.99. The van der Waals surface area contributed by atoms with Crippen molar-refractivity contribution in [1.29, 1.82) is 0 Å². The van der Waals surface area contributed by atoms with E-state index < -0.39 is 20.9 Å². The first-order chi connectivity index (χ1) is 15.7. The maximum atomic E-state index is 13.2. The average molecular weight is 473 g/mol. The van der Waals surface area contributed by atoms with Gasteiger partial charge in [0.2, 0.25) is 0 Å². The SMILES string of the molecule is COc1ccc([N+](=O)[O-])cc1NS(=O)(=O)c1ccc(C(=O)NCCc2cccc(F)c2)cc1. The van der Waals surface area contributed by atoms with E-state index in [9.17, 15) is 27.7 Å². The zero-order valence-electron chi connectivity index (χ0n) is 17.4. The number of rotatable bonds is 9. The van der Waals surface area contributed by atoms with Crippen molar-refractivity contribution in [3.63, 3.8) is 0 Å². The Morgan fingerprint density at radius 1 is 1.09 bits per heavy atom. The molecule has 3 aromatic carbocycles. The van der Waals surface area contributed by atoms with Crippen molar-refractivity contribution >= 4 is 27.3 Å². The molecule has 0 fully saturated rings. The number of hydrogen-bond acceptors (Lipinski definition) is 6. The summed E-state index contributed by atoms with van der Waals surface area (Å²) >= 11 is 0. The number of hydrogen-bond donors (Lipinski definition) is 2. The molecular weight excluding hydrogens is 453 g/mol. The summed E-state index contributed by atoms with van der Waals surface area (Å²) in [5, 5.41) is 13.7. The number of anilines is 1. The number of nitrogens with one attached hydrogen (secondary N) is 2. The van der Waals surface area contributed by atoms with Gasteiger partial charge in [-0.25, -0.2) is 12.8 Å². The van der Waals surface area contributed by atoms with E-state index in [4.69, 9.17) is 4.74 Å². The molecule has 9 nitrogen and oxygen atoms in total. The monoisotopic (exact) mass is 473 g/mol. The molecule has 3 aromatic rings. The molecule has 1 amide bonds. The van der Waals surface area contributed by atoms with Gasteiger partial charge in [-0.3, -0.25) is 19.6 Å². The van der Waals surface area contributed by atoms with E-state index in [1.807, 2.05) is 0 Å². The van der Waals surface area contributed by atoms with E-state index in [1.54, 1.807) is 12.1 Å². The Morgan fingerprint density at radius 3 is 2.45 bits per heavy atom. The van der Waals surface area contributed by atoms with Crippen LogP contribution in [0.25, 0.3) is 0 Å². The Bertz CT molecular complexity index is 1280. The number of non-ortho nitro benzene ring substituents is 1. The van der Waals surface area contributed by atoms with E-state index in [2.05, 4.69) is 10.0 Å². The lowest BCUT2D eigenvalue weighted by atomic mass is 10.1. The van der Waals surface area contributed by atoms with Crippen molar-refractivity contribution in [1.82, 2.24) is 5.32 Å². The van der Waals surface area contributed by atoms with Gasteiger partial charge in [-0.05, 0) is 54.4 Å². The molecule has 33 heavy (non-hydrogen) atoms. The summed E-state index contributed by atoms with van der Waals surface area (Å²) < 4.78 is 46.0. The van der Waals surface area contributed by atoms with Crippen molar-refractivity contribution in [2.75, 3.05) is 18.4 Å². The summed E-state index contributed by atoms with van der Waals surface area (Å²) in [6.45, 7) is 0.274. The summed E-state index contributed by atoms with van der Waals surface area (Å²) in [4.78, 5) is 22.5. The van der Waals surface area contributed by atoms with Gasteiger partial charge in [0.15, 0.2) is 0 Å². The molecular formula is C22H20FN3O6S. The summed E-state index contributed by atoms with van der Waals surface area (Å²) in [7, 11) is -2.80. The smallest absolute Gasteiger partial charge is 0.271 e. The van der Waals surface area contributed by atoms with Crippen LogP contribution in [-0.2, 0) is 16.4 Å². The quantitative estimate of drug-likeness (QED) is 0.362. The molecule has 0 saturated carbocycles. The van der Waals surface area contributed by atoms with Crippen molar-refractivity contribution in [2.45, 2.75) is 11.3 Å². The van der Waals surface area contributed by atoms with Gasteiger partial charge in [0.1, 0.15) is 11.6 Å². The molecule has 0 aliphatic heterocycles. The molecule has 2 N–H and O–H groups in total. The predicted molar refractivity (Wildman–Crippen MR) is 119 cm³/mol. The van der Waals surface area contributed by atoms with E-state index in [1.165, 1.54) is 55.6 Å². The Hall–Kier alpha value is -3.99. The van der Waals surface area contributed by atoms with Gasteiger partial charge in [0.05, 0.1) is 22.6 Å². The molecule has 0 aromatic heterocycles. The molecule has 0 spiro atoms. The van der Waals surface area contributed by atoms with Gasteiger partial charge in [-0.2, -0.15) is 0 Å². The fourth-order valence-corrected chi connectivity index (χ4v) is 4.05. The first kappa shape index (κ1) is 23.7. The van der Waals surface area contributed by atoms with Crippen LogP contribution in [0.4, 0.5) is 15.8 Å². The molecule has 0 aliphatic carbocycles. The van der Waals surface area contributed by atoms with E-state index >= 15 is 0 Å². The molecule has 0 unspecified atom stereocenters. The van der Waals surface area contributed by atoms with E-state index in [0.717, 1.165) is 11.6 Å². The van der Waals surface area contributed by atoms with Crippen LogP contribution in [0.3, 0.4) is 0 Å². The van der Waals surface area contributed by atoms with Crippen molar-refractivity contribution in [3.05, 3.63) is 93.8 Å². The first-order valence-electron chi connectivity index (χ1n) is 9.67. The van der Waals surface area contributed by atoms with Crippen LogP contribution in [0, 0.1) is 15.9 Å². The van der Waals surface area contributed by atoms with Crippen molar-refractivity contribution in [3.8, 4) is 5.75 Å². The third-order valence-corrected chi connectivity index (χ3v) is 6.03. The summed E-state index contributed by atoms with van der Waals surface area (Å²) in [5.74, 6) is -0.658. The number of halogens is 1. The van der Waals surface area contributed by atoms with E-state index in [-0.39, 0.29) is 39.9 Å². The third kappa shape index (κ3) is 6.04. The van der Waals surface area contributed by atoms with Gasteiger partial charge in [-0.1, -0.05) is 12.1 Å². The normalized spacial score (nSPS) is 11.0. The second-order valence-corrected chi connectivity index (χ2v) is 8.59. The molecule has 0 aliphatic rings. The fraction of sp³-hybridized carbons (Fsp3) is 0.136. The largest absolute Gasteiger partial charge is 0.495 e. The Kier molecular flexibility index (Phi) is 7.23. The first-order valence-corrected chi connectivity index (χ1v) is 11.2. The highest BCUT2D eigenvalue weighted by Gasteiger charge is 2.20. The minimum absolute atomic E-state index is 0.0918. The van der Waals surface area contributed by atoms with Gasteiger partial charge in [0, 0.05) is 24.2 Å². The van der Waals surface area contributed by atoms with E-state index in [0.29, 0.717) is 6.42 Å². The topological polar surface area (TPSA) is 128 Å². The molecule has 172 valence electrons. The molecule has 0 radical (unpaired) electrons. The minimum Gasteiger partial charge on any atom is -0.495 e. The zero-order chi connectivity index (χ0) is 24.0. The Morgan fingerprint density at radius 2 is 1.82 bits per heavy atom. The number of carbonyl (C=O) groups excluding carboxylic acids is 1. The van der Waals surface area contributed by atoms with Crippen LogP contribution in [0.5, 0.6) is 5.75 Å². The van der Waals surface area contributed by atoms with Gasteiger partial charge in [0.25, 0.3) is 21.6 Å². The number of nitro groups is 1. The molecule has 0 bridgehead atoms. The Balaban J connectivity index is 1.68. The zero-order valence-corrected chi connectivity index (χ0v) is 18.3. The number of benzene rings is 3. The van der Waals surface area contributed by atoms with Crippen LogP contribution < -0.4 is 14.8 Å². The number of methoxy groups -OCH3 is 1. The van der Waals surface area contributed by atoms with Crippen LogP contribution in [0.15, 0.2) is 71.6 Å². The second kappa shape index (κ2) is 10.1. The summed E-state index contributed by atoms with van der Waals surface area (Å²) in [5.41, 5.74) is 0.574. The molecule has 11 heteroatoms. The van der Waals surface area contributed by atoms with Crippen LogP contribution in [0.2, 0.25) is 0 Å². The maximum Gasteiger partial charge on any atom is 0.271 e.